The zero-order valence-electron chi connectivity index (χ0n) is 5.05. The summed E-state index contributed by atoms with van der Waals surface area (Å²) >= 11 is 0. The third kappa shape index (κ3) is 4.68. The lowest BCUT2D eigenvalue weighted by Gasteiger charge is -1.77. The van der Waals surface area contributed by atoms with Gasteiger partial charge in [-0.05, 0) is 6.08 Å². The highest BCUT2D eigenvalue weighted by molar-refractivity contribution is 5.87. The molecule has 0 atom stereocenters. The molecule has 0 saturated carbocycles. The van der Waals surface area contributed by atoms with Gasteiger partial charge in [0.1, 0.15) is 0 Å². The van der Waals surface area contributed by atoms with Gasteiger partial charge in [-0.25, -0.2) is 4.99 Å². The van der Waals surface area contributed by atoms with Crippen molar-refractivity contribution in [2.75, 3.05) is 0 Å². The van der Waals surface area contributed by atoms with Crippen LogP contribution in [0.5, 0.6) is 0 Å². The number of rotatable bonds is 3. The molecule has 0 aliphatic rings. The molecule has 9 heavy (non-hydrogen) atoms. The van der Waals surface area contributed by atoms with Crippen molar-refractivity contribution in [2.45, 2.75) is 0 Å². The Morgan fingerprint density at radius 3 is 2.56 bits per heavy atom. The molecule has 48 valence electrons. The summed E-state index contributed by atoms with van der Waals surface area (Å²) in [5.74, 6) is -0.565. The minimum Gasteiger partial charge on any atom is -0.229 e. The minimum atomic E-state index is -0.565. The molecular formula is C7H8FN. The van der Waals surface area contributed by atoms with E-state index in [4.69, 9.17) is 0 Å². The van der Waals surface area contributed by atoms with E-state index >= 15 is 0 Å². The second-order valence-electron chi connectivity index (χ2n) is 1.23. The number of nitrogens with zero attached hydrogens (tertiary/aromatic N) is 1. The highest BCUT2D eigenvalue weighted by Crippen LogP contribution is 1.84. The van der Waals surface area contributed by atoms with E-state index in [0.717, 1.165) is 6.20 Å². The quantitative estimate of drug-likeness (QED) is 0.405. The lowest BCUT2D eigenvalue weighted by atomic mass is 10.5. The third-order valence-corrected chi connectivity index (χ3v) is 0.584. The van der Waals surface area contributed by atoms with Crippen LogP contribution in [0.3, 0.4) is 0 Å². The van der Waals surface area contributed by atoms with Gasteiger partial charge in [0.25, 0.3) is 0 Å². The summed E-state index contributed by atoms with van der Waals surface area (Å²) in [4.78, 5) is 3.24. The highest BCUT2D eigenvalue weighted by atomic mass is 19.1. The number of hydrogen-bond donors (Lipinski definition) is 0. The summed E-state index contributed by atoms with van der Waals surface area (Å²) in [7, 11) is 0. The molecule has 0 rings (SSSR count). The minimum absolute atomic E-state index is 0.565. The van der Waals surface area contributed by atoms with Crippen LogP contribution in [0.25, 0.3) is 0 Å². The summed E-state index contributed by atoms with van der Waals surface area (Å²) in [6.07, 6.45) is 5.28. The van der Waals surface area contributed by atoms with Gasteiger partial charge in [-0.15, -0.1) is 0 Å². The molecule has 1 nitrogen and oxygen atoms in total. The third-order valence-electron chi connectivity index (χ3n) is 0.584. The van der Waals surface area contributed by atoms with E-state index in [9.17, 15) is 4.39 Å². The Balaban J connectivity index is 3.88. The van der Waals surface area contributed by atoms with Gasteiger partial charge in [0, 0.05) is 6.20 Å². The molecule has 0 amide bonds. The molecule has 0 N–H and O–H groups in total. The van der Waals surface area contributed by atoms with Gasteiger partial charge in [0.15, 0.2) is 0 Å². The maximum Gasteiger partial charge on any atom is 0.212 e. The molecule has 0 aliphatic carbocycles. The monoisotopic (exact) mass is 125 g/mol. The summed E-state index contributed by atoms with van der Waals surface area (Å²) in [6, 6.07) is 0. The first kappa shape index (κ1) is 7.82. The van der Waals surface area contributed by atoms with Gasteiger partial charge in [0.2, 0.25) is 5.97 Å². The van der Waals surface area contributed by atoms with Crippen molar-refractivity contribution in [1.82, 2.24) is 0 Å². The fourth-order valence-corrected chi connectivity index (χ4v) is 0.278. The van der Waals surface area contributed by atoms with Gasteiger partial charge in [0.05, 0.1) is 0 Å². The molecular weight excluding hydrogens is 117 g/mol. The number of halogens is 1. The van der Waals surface area contributed by atoms with E-state index in [1.807, 2.05) is 0 Å². The maximum absolute atomic E-state index is 12.1. The Labute approximate surface area is 53.9 Å². The Bertz CT molecular complexity index is 156. The van der Waals surface area contributed by atoms with E-state index in [1.165, 1.54) is 18.2 Å². The van der Waals surface area contributed by atoms with Crippen LogP contribution in [0.15, 0.2) is 42.6 Å². The molecule has 0 aromatic heterocycles. The van der Waals surface area contributed by atoms with Crippen LogP contribution in [0.2, 0.25) is 0 Å². The predicted molar refractivity (Wildman–Crippen MR) is 38.1 cm³/mol. The SMILES string of the molecule is C=C/C=C\C(F)=N/C=C. The van der Waals surface area contributed by atoms with Crippen molar-refractivity contribution in [3.8, 4) is 0 Å². The van der Waals surface area contributed by atoms with Crippen molar-refractivity contribution in [1.29, 1.82) is 0 Å². The molecule has 0 fully saturated rings. The van der Waals surface area contributed by atoms with Crippen molar-refractivity contribution < 1.29 is 4.39 Å². The summed E-state index contributed by atoms with van der Waals surface area (Å²) in [6.45, 7) is 6.58. The van der Waals surface area contributed by atoms with Gasteiger partial charge in [-0.2, -0.15) is 4.39 Å². The lowest BCUT2D eigenvalue weighted by molar-refractivity contribution is 0.813. The van der Waals surface area contributed by atoms with Gasteiger partial charge in [-0.3, -0.25) is 0 Å². The smallest absolute Gasteiger partial charge is 0.212 e. The average Bonchev–Trinajstić information content (AvgIpc) is 1.85. The van der Waals surface area contributed by atoms with Gasteiger partial charge < -0.3 is 0 Å². The second kappa shape index (κ2) is 4.97. The number of hydrogen-bond acceptors (Lipinski definition) is 1. The van der Waals surface area contributed by atoms with Crippen molar-refractivity contribution in [3.05, 3.63) is 37.6 Å². The first-order valence-corrected chi connectivity index (χ1v) is 2.44. The zero-order valence-corrected chi connectivity index (χ0v) is 5.05. The van der Waals surface area contributed by atoms with Crippen LogP contribution in [0, 0.1) is 0 Å². The molecule has 2 heteroatoms. The van der Waals surface area contributed by atoms with Crippen LogP contribution in [-0.4, -0.2) is 5.97 Å². The standard InChI is InChI=1S/C7H8FN/c1-3-5-6-7(8)9-4-2/h3-6H,1-2H2/b6-5-,9-7+. The first-order chi connectivity index (χ1) is 4.31. The van der Waals surface area contributed by atoms with Crippen LogP contribution >= 0.6 is 0 Å². The summed E-state index contributed by atoms with van der Waals surface area (Å²) in [5, 5.41) is 0. The molecule has 0 saturated heterocycles. The first-order valence-electron chi connectivity index (χ1n) is 2.44. The van der Waals surface area contributed by atoms with E-state index in [2.05, 4.69) is 18.2 Å². The van der Waals surface area contributed by atoms with Crippen molar-refractivity contribution in [3.63, 3.8) is 0 Å². The van der Waals surface area contributed by atoms with Crippen LogP contribution in [0.4, 0.5) is 4.39 Å². The molecule has 0 aliphatic heterocycles. The largest absolute Gasteiger partial charge is 0.229 e. The molecule has 0 heterocycles. The van der Waals surface area contributed by atoms with Crippen molar-refractivity contribution >= 4 is 5.97 Å². The Morgan fingerprint density at radius 2 is 2.11 bits per heavy atom. The Hall–Kier alpha value is -1.18. The molecule has 0 spiro atoms. The van der Waals surface area contributed by atoms with Crippen LogP contribution < -0.4 is 0 Å². The van der Waals surface area contributed by atoms with E-state index in [-0.39, 0.29) is 0 Å². The maximum atomic E-state index is 12.1. The fourth-order valence-electron chi connectivity index (χ4n) is 0.278. The molecule has 0 unspecified atom stereocenters. The number of aliphatic imine (C=N–C) groups is 1. The topological polar surface area (TPSA) is 12.4 Å². The zero-order chi connectivity index (χ0) is 7.11. The molecule has 0 aromatic carbocycles. The van der Waals surface area contributed by atoms with E-state index in [1.54, 1.807) is 0 Å². The van der Waals surface area contributed by atoms with Gasteiger partial charge in [-0.1, -0.05) is 25.3 Å². The normalized spacial score (nSPS) is 11.9. The van der Waals surface area contributed by atoms with Crippen LogP contribution in [-0.2, 0) is 0 Å². The lowest BCUT2D eigenvalue weighted by Crippen LogP contribution is -1.76. The molecule has 0 radical (unpaired) electrons. The summed E-state index contributed by atoms with van der Waals surface area (Å²) < 4.78 is 12.1. The predicted octanol–water partition coefficient (Wildman–Crippen LogP) is 2.24. The van der Waals surface area contributed by atoms with E-state index in [0.29, 0.717) is 0 Å². The second-order valence-corrected chi connectivity index (χ2v) is 1.23. The Morgan fingerprint density at radius 1 is 1.44 bits per heavy atom. The van der Waals surface area contributed by atoms with Gasteiger partial charge >= 0.3 is 0 Å². The molecule has 0 bridgehead atoms. The molecule has 0 aromatic rings. The van der Waals surface area contributed by atoms with E-state index < -0.39 is 5.97 Å². The van der Waals surface area contributed by atoms with Crippen LogP contribution in [0.1, 0.15) is 0 Å². The average molecular weight is 125 g/mol. The highest BCUT2D eigenvalue weighted by Gasteiger charge is 1.80. The van der Waals surface area contributed by atoms with Crippen molar-refractivity contribution in [2.24, 2.45) is 4.99 Å². The fraction of sp³-hybridized carbons (Fsp3) is 0. The number of allylic oxidation sites excluding steroid dienone is 3. The summed E-state index contributed by atoms with van der Waals surface area (Å²) in [5.41, 5.74) is 0. The Kier molecular flexibility index (Phi) is 4.32.